The van der Waals surface area contributed by atoms with Crippen LogP contribution in [0.15, 0.2) is 72.4 Å². The lowest BCUT2D eigenvalue weighted by Gasteiger charge is -2.13. The fourth-order valence-electron chi connectivity index (χ4n) is 3.80. The SMILES string of the molecule is Cn1c2ccccc2c2cc(/C=C3/NC(=S)N(c4ccc(F)cc4)C3=O)ccc21. The van der Waals surface area contributed by atoms with E-state index in [4.69, 9.17) is 12.2 Å². The maximum atomic E-state index is 13.2. The second kappa shape index (κ2) is 6.53. The molecule has 1 fully saturated rings. The normalized spacial score (nSPS) is 15.7. The predicted octanol–water partition coefficient (Wildman–Crippen LogP) is 4.73. The maximum absolute atomic E-state index is 13.2. The largest absolute Gasteiger partial charge is 0.344 e. The zero-order chi connectivity index (χ0) is 20.1. The van der Waals surface area contributed by atoms with Gasteiger partial charge in [0.2, 0.25) is 0 Å². The van der Waals surface area contributed by atoms with Gasteiger partial charge in [0, 0.05) is 28.9 Å². The molecule has 5 rings (SSSR count). The maximum Gasteiger partial charge on any atom is 0.281 e. The summed E-state index contributed by atoms with van der Waals surface area (Å²) in [5.74, 6) is -0.627. The minimum atomic E-state index is -0.363. The number of anilines is 1. The van der Waals surface area contributed by atoms with Crippen LogP contribution in [0.2, 0.25) is 0 Å². The van der Waals surface area contributed by atoms with Gasteiger partial charge in [0.1, 0.15) is 11.5 Å². The van der Waals surface area contributed by atoms with Crippen molar-refractivity contribution in [2.45, 2.75) is 0 Å². The summed E-state index contributed by atoms with van der Waals surface area (Å²) in [5.41, 5.74) is 4.10. The lowest BCUT2D eigenvalue weighted by atomic mass is 10.1. The molecule has 29 heavy (non-hydrogen) atoms. The number of hydrogen-bond donors (Lipinski definition) is 1. The summed E-state index contributed by atoms with van der Waals surface area (Å²) >= 11 is 5.33. The van der Waals surface area contributed by atoms with Gasteiger partial charge in [0.15, 0.2) is 5.11 Å². The van der Waals surface area contributed by atoms with Crippen molar-refractivity contribution in [1.29, 1.82) is 0 Å². The van der Waals surface area contributed by atoms with E-state index in [1.807, 2.05) is 25.2 Å². The number of aryl methyl sites for hydroxylation is 1. The highest BCUT2D eigenvalue weighted by Gasteiger charge is 2.31. The Morgan fingerprint density at radius 1 is 0.966 bits per heavy atom. The summed E-state index contributed by atoms with van der Waals surface area (Å²) in [5, 5.41) is 5.54. The third kappa shape index (κ3) is 2.80. The average Bonchev–Trinajstić information content (AvgIpc) is 3.17. The van der Waals surface area contributed by atoms with E-state index in [0.717, 1.165) is 22.0 Å². The molecule has 0 aliphatic carbocycles. The van der Waals surface area contributed by atoms with Crippen LogP contribution in [0.25, 0.3) is 27.9 Å². The van der Waals surface area contributed by atoms with Crippen molar-refractivity contribution < 1.29 is 9.18 Å². The van der Waals surface area contributed by atoms with E-state index in [1.54, 1.807) is 6.08 Å². The molecule has 2 heterocycles. The number of rotatable bonds is 2. The van der Waals surface area contributed by atoms with Crippen LogP contribution in [-0.4, -0.2) is 15.6 Å². The first-order valence-electron chi connectivity index (χ1n) is 9.13. The van der Waals surface area contributed by atoms with Crippen molar-refractivity contribution in [3.05, 3.63) is 83.8 Å². The van der Waals surface area contributed by atoms with Gasteiger partial charge in [0.05, 0.1) is 5.69 Å². The molecular formula is C23H16FN3OS. The van der Waals surface area contributed by atoms with Gasteiger partial charge in [-0.25, -0.2) is 4.39 Å². The first kappa shape index (κ1) is 17.6. The Hall–Kier alpha value is -3.51. The zero-order valence-corrected chi connectivity index (χ0v) is 16.3. The number of para-hydroxylation sites is 1. The quantitative estimate of drug-likeness (QED) is 0.390. The van der Waals surface area contributed by atoms with Crippen molar-refractivity contribution in [1.82, 2.24) is 9.88 Å². The van der Waals surface area contributed by atoms with Crippen LogP contribution in [0.1, 0.15) is 5.56 Å². The van der Waals surface area contributed by atoms with E-state index in [9.17, 15) is 9.18 Å². The van der Waals surface area contributed by atoms with Gasteiger partial charge in [-0.05, 0) is 66.3 Å². The molecule has 1 aromatic heterocycles. The first-order chi connectivity index (χ1) is 14.0. The number of halogens is 1. The number of carbonyl (C=O) groups excluding carboxylic acids is 1. The number of nitrogens with zero attached hydrogens (tertiary/aromatic N) is 2. The van der Waals surface area contributed by atoms with Crippen molar-refractivity contribution in [2.24, 2.45) is 7.05 Å². The molecule has 0 unspecified atom stereocenters. The Morgan fingerprint density at radius 2 is 1.69 bits per heavy atom. The van der Waals surface area contributed by atoms with Crippen LogP contribution < -0.4 is 10.2 Å². The predicted molar refractivity (Wildman–Crippen MR) is 118 cm³/mol. The highest BCUT2D eigenvalue weighted by atomic mass is 32.1. The number of benzene rings is 3. The van der Waals surface area contributed by atoms with Crippen LogP contribution in [0.4, 0.5) is 10.1 Å². The van der Waals surface area contributed by atoms with E-state index >= 15 is 0 Å². The summed E-state index contributed by atoms with van der Waals surface area (Å²) in [7, 11) is 2.05. The Labute approximate surface area is 171 Å². The summed E-state index contributed by atoms with van der Waals surface area (Å²) in [6.07, 6.45) is 1.79. The number of carbonyl (C=O) groups is 1. The van der Waals surface area contributed by atoms with Gasteiger partial charge in [0.25, 0.3) is 5.91 Å². The summed E-state index contributed by atoms with van der Waals surface area (Å²) < 4.78 is 15.4. The minimum absolute atomic E-state index is 0.264. The van der Waals surface area contributed by atoms with Gasteiger partial charge >= 0.3 is 0 Å². The van der Waals surface area contributed by atoms with Gasteiger partial charge in [-0.1, -0.05) is 24.3 Å². The van der Waals surface area contributed by atoms with Crippen molar-refractivity contribution in [3.8, 4) is 0 Å². The van der Waals surface area contributed by atoms with Crippen LogP contribution in [0.5, 0.6) is 0 Å². The molecular weight excluding hydrogens is 385 g/mol. The molecule has 0 saturated carbocycles. The van der Waals surface area contributed by atoms with Crippen molar-refractivity contribution in [3.63, 3.8) is 0 Å². The van der Waals surface area contributed by atoms with Gasteiger partial charge in [-0.3, -0.25) is 9.69 Å². The van der Waals surface area contributed by atoms with E-state index in [2.05, 4.69) is 34.1 Å². The third-order valence-electron chi connectivity index (χ3n) is 5.21. The highest BCUT2D eigenvalue weighted by Crippen LogP contribution is 2.30. The van der Waals surface area contributed by atoms with Gasteiger partial charge < -0.3 is 9.88 Å². The van der Waals surface area contributed by atoms with E-state index in [0.29, 0.717) is 11.4 Å². The third-order valence-corrected chi connectivity index (χ3v) is 5.50. The highest BCUT2D eigenvalue weighted by molar-refractivity contribution is 7.80. The Balaban J connectivity index is 1.56. The number of nitrogens with one attached hydrogen (secondary N) is 1. The monoisotopic (exact) mass is 401 g/mol. The smallest absolute Gasteiger partial charge is 0.281 e. The Morgan fingerprint density at radius 3 is 2.48 bits per heavy atom. The lowest BCUT2D eigenvalue weighted by molar-refractivity contribution is -0.113. The lowest BCUT2D eigenvalue weighted by Crippen LogP contribution is -2.30. The van der Waals surface area contributed by atoms with Crippen molar-refractivity contribution in [2.75, 3.05) is 4.90 Å². The van der Waals surface area contributed by atoms with Crippen LogP contribution in [-0.2, 0) is 11.8 Å². The molecule has 4 aromatic rings. The molecule has 1 N–H and O–H groups in total. The first-order valence-corrected chi connectivity index (χ1v) is 9.53. The molecule has 6 heteroatoms. The molecule has 3 aromatic carbocycles. The van der Waals surface area contributed by atoms with E-state index in [1.165, 1.54) is 34.6 Å². The fraction of sp³-hybridized carbons (Fsp3) is 0.0435. The minimum Gasteiger partial charge on any atom is -0.344 e. The summed E-state index contributed by atoms with van der Waals surface area (Å²) in [6.45, 7) is 0. The van der Waals surface area contributed by atoms with Crippen molar-refractivity contribution >= 4 is 56.8 Å². The summed E-state index contributed by atoms with van der Waals surface area (Å²) in [4.78, 5) is 14.3. The van der Waals surface area contributed by atoms with Crippen LogP contribution in [0.3, 0.4) is 0 Å². The number of aromatic nitrogens is 1. The van der Waals surface area contributed by atoms with E-state index in [-0.39, 0.29) is 16.8 Å². The number of fused-ring (bicyclic) bond motifs is 3. The number of hydrogen-bond acceptors (Lipinski definition) is 2. The molecule has 0 atom stereocenters. The van der Waals surface area contributed by atoms with Gasteiger partial charge in [-0.15, -0.1) is 0 Å². The molecule has 0 radical (unpaired) electrons. The fourth-order valence-corrected chi connectivity index (χ4v) is 4.10. The van der Waals surface area contributed by atoms with Gasteiger partial charge in [-0.2, -0.15) is 0 Å². The summed E-state index contributed by atoms with van der Waals surface area (Å²) in [6, 6.07) is 20.0. The molecule has 1 saturated heterocycles. The number of amides is 1. The molecule has 0 spiro atoms. The molecule has 1 aliphatic rings. The second-order valence-corrected chi connectivity index (χ2v) is 7.34. The molecule has 1 amide bonds. The topological polar surface area (TPSA) is 37.3 Å². The van der Waals surface area contributed by atoms with Crippen LogP contribution >= 0.6 is 12.2 Å². The molecule has 142 valence electrons. The molecule has 1 aliphatic heterocycles. The Kier molecular flexibility index (Phi) is 3.96. The Bertz CT molecular complexity index is 1340. The van der Waals surface area contributed by atoms with Crippen LogP contribution in [0, 0.1) is 5.82 Å². The molecule has 0 bridgehead atoms. The zero-order valence-electron chi connectivity index (χ0n) is 15.5. The second-order valence-electron chi connectivity index (χ2n) is 6.96. The standard InChI is InChI=1S/C23H16FN3OS/c1-26-20-5-3-2-4-17(20)18-12-14(6-11-21(18)26)13-19-22(28)27(23(29)25-19)16-9-7-15(24)8-10-16/h2-13H,1H3,(H,25,29)/b19-13+. The van der Waals surface area contributed by atoms with E-state index < -0.39 is 0 Å². The number of thiocarbonyl (C=S) groups is 1. The molecule has 4 nitrogen and oxygen atoms in total. The average molecular weight is 401 g/mol.